The van der Waals surface area contributed by atoms with Crippen molar-refractivity contribution < 1.29 is 4.79 Å². The van der Waals surface area contributed by atoms with E-state index in [1.807, 2.05) is 18.2 Å². The third-order valence-corrected chi connectivity index (χ3v) is 5.72. The fraction of sp³-hybridized carbons (Fsp3) is 0.316. The molecule has 1 fully saturated rings. The van der Waals surface area contributed by atoms with Crippen molar-refractivity contribution in [2.75, 3.05) is 5.32 Å². The van der Waals surface area contributed by atoms with Gasteiger partial charge in [0, 0.05) is 23.5 Å². The molecule has 0 bridgehead atoms. The smallest absolute Gasteiger partial charge is 0.319 e. The molecule has 1 saturated carbocycles. The Hall–Kier alpha value is -2.67. The summed E-state index contributed by atoms with van der Waals surface area (Å²) < 4.78 is 1.64. The molecule has 0 aliphatic heterocycles. The van der Waals surface area contributed by atoms with Gasteiger partial charge in [0.2, 0.25) is 0 Å². The van der Waals surface area contributed by atoms with Crippen LogP contribution in [0.25, 0.3) is 5.82 Å². The minimum Gasteiger partial charge on any atom is -0.330 e. The zero-order valence-electron chi connectivity index (χ0n) is 14.3. The molecular weight excluding hydrogens is 346 g/mol. The van der Waals surface area contributed by atoms with Crippen molar-refractivity contribution in [2.24, 2.45) is 5.92 Å². The van der Waals surface area contributed by atoms with Gasteiger partial charge >= 0.3 is 6.03 Å². The summed E-state index contributed by atoms with van der Waals surface area (Å²) in [5.74, 6) is 1.10. The fourth-order valence-electron chi connectivity index (χ4n) is 3.55. The average Bonchev–Trinajstić information content (AvgIpc) is 3.44. The Kier molecular flexibility index (Phi) is 4.97. The van der Waals surface area contributed by atoms with Gasteiger partial charge in [-0.1, -0.05) is 18.9 Å². The summed E-state index contributed by atoms with van der Waals surface area (Å²) >= 11 is 1.70. The Balaban J connectivity index is 1.51. The zero-order chi connectivity index (χ0) is 17.8. The molecule has 7 heteroatoms. The van der Waals surface area contributed by atoms with Crippen molar-refractivity contribution in [2.45, 2.75) is 31.7 Å². The van der Waals surface area contributed by atoms with E-state index in [0.29, 0.717) is 17.4 Å². The molecule has 1 aliphatic rings. The summed E-state index contributed by atoms with van der Waals surface area (Å²) in [7, 11) is 0. The number of carbonyl (C=O) groups excluding carboxylic acids is 1. The Morgan fingerprint density at radius 3 is 2.81 bits per heavy atom. The molecule has 0 unspecified atom stereocenters. The minimum atomic E-state index is -0.211. The van der Waals surface area contributed by atoms with E-state index in [4.69, 9.17) is 0 Å². The van der Waals surface area contributed by atoms with Gasteiger partial charge in [0.05, 0.1) is 11.7 Å². The van der Waals surface area contributed by atoms with Crippen LogP contribution in [0.3, 0.4) is 0 Å². The molecule has 1 aliphatic carbocycles. The zero-order valence-corrected chi connectivity index (χ0v) is 15.2. The molecule has 3 aromatic heterocycles. The number of thiophene rings is 1. The standard InChI is InChI=1S/C19H21N5OS/c25-19(22-15-8-3-10-20-18(15)24-12-5-11-21-24)23-17(14-6-1-2-7-14)16-9-4-13-26-16/h3-5,8-14,17H,1-2,6-7H2,(H2,22,23,25)/t17-/m1/s1. The summed E-state index contributed by atoms with van der Waals surface area (Å²) in [4.78, 5) is 18.3. The van der Waals surface area contributed by atoms with Crippen LogP contribution in [0.5, 0.6) is 0 Å². The molecule has 6 nitrogen and oxygen atoms in total. The maximum absolute atomic E-state index is 12.7. The molecule has 26 heavy (non-hydrogen) atoms. The van der Waals surface area contributed by atoms with Crippen LogP contribution in [0.4, 0.5) is 10.5 Å². The summed E-state index contributed by atoms with van der Waals surface area (Å²) in [6.07, 6.45) is 9.98. The summed E-state index contributed by atoms with van der Waals surface area (Å²) in [6.45, 7) is 0. The second kappa shape index (κ2) is 7.70. The van der Waals surface area contributed by atoms with Crippen LogP contribution in [0.15, 0.2) is 54.3 Å². The molecule has 2 N–H and O–H groups in total. The number of carbonyl (C=O) groups is 1. The first-order valence-electron chi connectivity index (χ1n) is 8.87. The first-order chi connectivity index (χ1) is 12.8. The van der Waals surface area contributed by atoms with Crippen LogP contribution >= 0.6 is 11.3 Å². The monoisotopic (exact) mass is 367 g/mol. The van der Waals surface area contributed by atoms with Gasteiger partial charge in [0.25, 0.3) is 0 Å². The van der Waals surface area contributed by atoms with Crippen molar-refractivity contribution in [3.63, 3.8) is 0 Å². The van der Waals surface area contributed by atoms with E-state index in [2.05, 4.69) is 32.2 Å². The topological polar surface area (TPSA) is 71.8 Å². The first-order valence-corrected chi connectivity index (χ1v) is 9.75. The predicted molar refractivity (Wildman–Crippen MR) is 103 cm³/mol. The Labute approximate surface area is 156 Å². The number of hydrogen-bond donors (Lipinski definition) is 2. The highest BCUT2D eigenvalue weighted by molar-refractivity contribution is 7.10. The Bertz CT molecular complexity index is 841. The minimum absolute atomic E-state index is 0.0577. The van der Waals surface area contributed by atoms with Crippen molar-refractivity contribution in [3.8, 4) is 5.82 Å². The maximum atomic E-state index is 12.7. The third kappa shape index (κ3) is 3.62. The number of urea groups is 1. The number of amides is 2. The van der Waals surface area contributed by atoms with E-state index in [1.165, 1.54) is 17.7 Å². The summed E-state index contributed by atoms with van der Waals surface area (Å²) in [5.41, 5.74) is 0.630. The van der Waals surface area contributed by atoms with Crippen LogP contribution in [0, 0.1) is 5.92 Å². The Morgan fingerprint density at radius 2 is 2.08 bits per heavy atom. The van der Waals surface area contributed by atoms with Gasteiger partial charge in [-0.25, -0.2) is 14.5 Å². The average molecular weight is 367 g/mol. The lowest BCUT2D eigenvalue weighted by molar-refractivity contribution is 0.243. The second-order valence-electron chi connectivity index (χ2n) is 6.46. The van der Waals surface area contributed by atoms with Gasteiger partial charge < -0.3 is 10.6 Å². The third-order valence-electron chi connectivity index (χ3n) is 4.76. The molecule has 4 rings (SSSR count). The van der Waals surface area contributed by atoms with E-state index in [0.717, 1.165) is 12.8 Å². The molecule has 134 valence electrons. The van der Waals surface area contributed by atoms with Crippen LogP contribution in [-0.4, -0.2) is 20.8 Å². The predicted octanol–water partition coefficient (Wildman–Crippen LogP) is 4.38. The molecule has 0 saturated heterocycles. The maximum Gasteiger partial charge on any atom is 0.319 e. The van der Waals surface area contributed by atoms with Gasteiger partial charge in [-0.2, -0.15) is 5.10 Å². The highest BCUT2D eigenvalue weighted by Gasteiger charge is 2.28. The summed E-state index contributed by atoms with van der Waals surface area (Å²) in [6, 6.07) is 9.45. The number of pyridine rings is 1. The lowest BCUT2D eigenvalue weighted by atomic mass is 9.97. The molecule has 0 radical (unpaired) electrons. The molecule has 1 atom stereocenters. The van der Waals surface area contributed by atoms with E-state index >= 15 is 0 Å². The number of nitrogens with zero attached hydrogens (tertiary/aromatic N) is 3. The van der Waals surface area contributed by atoms with Crippen molar-refractivity contribution in [1.82, 2.24) is 20.1 Å². The Morgan fingerprint density at radius 1 is 1.19 bits per heavy atom. The van der Waals surface area contributed by atoms with Crippen LogP contribution in [-0.2, 0) is 0 Å². The normalized spacial score (nSPS) is 15.7. The first kappa shape index (κ1) is 16.8. The van der Waals surface area contributed by atoms with Crippen LogP contribution in [0.1, 0.15) is 36.6 Å². The van der Waals surface area contributed by atoms with E-state index < -0.39 is 0 Å². The number of rotatable bonds is 5. The van der Waals surface area contributed by atoms with Crippen LogP contribution < -0.4 is 10.6 Å². The van der Waals surface area contributed by atoms with Gasteiger partial charge in [-0.05, 0) is 48.4 Å². The van der Waals surface area contributed by atoms with Gasteiger partial charge in [-0.3, -0.25) is 0 Å². The van der Waals surface area contributed by atoms with Crippen molar-refractivity contribution in [3.05, 3.63) is 59.2 Å². The highest BCUT2D eigenvalue weighted by atomic mass is 32.1. The lowest BCUT2D eigenvalue weighted by Gasteiger charge is -2.24. The number of hydrogen-bond acceptors (Lipinski definition) is 4. The van der Waals surface area contributed by atoms with E-state index in [9.17, 15) is 4.79 Å². The molecule has 0 spiro atoms. The van der Waals surface area contributed by atoms with Gasteiger partial charge in [0.15, 0.2) is 5.82 Å². The molecule has 0 aromatic carbocycles. The van der Waals surface area contributed by atoms with Crippen molar-refractivity contribution >= 4 is 23.1 Å². The van der Waals surface area contributed by atoms with E-state index in [-0.39, 0.29) is 12.1 Å². The highest BCUT2D eigenvalue weighted by Crippen LogP contribution is 2.37. The molecule has 3 heterocycles. The second-order valence-corrected chi connectivity index (χ2v) is 7.44. The van der Waals surface area contributed by atoms with Crippen LogP contribution in [0.2, 0.25) is 0 Å². The van der Waals surface area contributed by atoms with Gasteiger partial charge in [0.1, 0.15) is 0 Å². The molecule has 2 amide bonds. The fourth-order valence-corrected chi connectivity index (χ4v) is 4.42. The summed E-state index contributed by atoms with van der Waals surface area (Å²) in [5, 5.41) is 12.4. The number of aromatic nitrogens is 3. The molecular formula is C19H21N5OS. The number of anilines is 1. The molecule has 3 aromatic rings. The van der Waals surface area contributed by atoms with Gasteiger partial charge in [-0.15, -0.1) is 11.3 Å². The largest absolute Gasteiger partial charge is 0.330 e. The quantitative estimate of drug-likeness (QED) is 0.703. The van der Waals surface area contributed by atoms with Crippen molar-refractivity contribution in [1.29, 1.82) is 0 Å². The number of nitrogens with one attached hydrogen (secondary N) is 2. The van der Waals surface area contributed by atoms with E-state index in [1.54, 1.807) is 40.7 Å². The lowest BCUT2D eigenvalue weighted by Crippen LogP contribution is -2.35. The SMILES string of the molecule is O=C(Nc1cccnc1-n1cccn1)N[C@@H](c1cccs1)C1CCCC1.